The number of aromatic nitrogens is 1. The monoisotopic (exact) mass is 286 g/mol. The number of esters is 2. The second-order valence-electron chi connectivity index (χ2n) is 4.16. The van der Waals surface area contributed by atoms with Crippen LogP contribution in [0, 0.1) is 0 Å². The third-order valence-corrected chi connectivity index (χ3v) is 2.91. The molecule has 1 heterocycles. The molecule has 0 bridgehead atoms. The molecule has 0 unspecified atom stereocenters. The fraction of sp³-hybridized carbons (Fsp3) is 0.133. The van der Waals surface area contributed by atoms with Crippen LogP contribution in [0.1, 0.15) is 20.7 Å². The van der Waals surface area contributed by atoms with E-state index in [2.05, 4.69) is 14.5 Å². The molecule has 0 aliphatic heterocycles. The van der Waals surface area contributed by atoms with Gasteiger partial charge < -0.3 is 15.2 Å². The van der Waals surface area contributed by atoms with Crippen molar-refractivity contribution in [2.24, 2.45) is 0 Å². The lowest BCUT2D eigenvalue weighted by atomic mass is 10.0. The maximum atomic E-state index is 11.9. The van der Waals surface area contributed by atoms with Crippen LogP contribution in [0.15, 0.2) is 36.4 Å². The van der Waals surface area contributed by atoms with Gasteiger partial charge in [-0.1, -0.05) is 30.3 Å². The molecule has 0 saturated carbocycles. The quantitative estimate of drug-likeness (QED) is 0.866. The van der Waals surface area contributed by atoms with Gasteiger partial charge in [0.2, 0.25) is 0 Å². The van der Waals surface area contributed by atoms with Crippen molar-refractivity contribution in [1.82, 2.24) is 4.98 Å². The number of carbonyl (C=O) groups excluding carboxylic acids is 2. The zero-order chi connectivity index (χ0) is 15.4. The number of hydrogen-bond donors (Lipinski definition) is 1. The van der Waals surface area contributed by atoms with E-state index in [1.54, 1.807) is 0 Å². The van der Waals surface area contributed by atoms with E-state index in [1.807, 2.05) is 30.3 Å². The molecule has 21 heavy (non-hydrogen) atoms. The van der Waals surface area contributed by atoms with Gasteiger partial charge in [0.05, 0.1) is 25.5 Å². The number of ether oxygens (including phenoxy) is 2. The van der Waals surface area contributed by atoms with Gasteiger partial charge in [-0.05, 0) is 6.07 Å². The van der Waals surface area contributed by atoms with Crippen LogP contribution in [-0.2, 0) is 9.47 Å². The Bertz CT molecular complexity index is 684. The molecule has 0 saturated heterocycles. The molecule has 6 heteroatoms. The molecule has 0 fully saturated rings. The minimum absolute atomic E-state index is 0.0238. The molecule has 0 atom stereocenters. The number of methoxy groups -OCH3 is 2. The van der Waals surface area contributed by atoms with Crippen LogP contribution in [0.5, 0.6) is 0 Å². The van der Waals surface area contributed by atoms with Gasteiger partial charge >= 0.3 is 11.9 Å². The second kappa shape index (κ2) is 6.04. The standard InChI is InChI=1S/C15H14N2O4/c1-20-14(18)10-8-11(9-6-4-3-5-7-9)17-13(16)12(10)15(19)21-2/h3-8H,1-2H3,(H2,16,17). The Morgan fingerprint density at radius 3 is 2.24 bits per heavy atom. The molecule has 0 aliphatic carbocycles. The van der Waals surface area contributed by atoms with Crippen LogP contribution in [0.2, 0.25) is 0 Å². The summed E-state index contributed by atoms with van der Waals surface area (Å²) in [5.41, 5.74) is 6.98. The zero-order valence-electron chi connectivity index (χ0n) is 11.6. The minimum Gasteiger partial charge on any atom is -0.465 e. The van der Waals surface area contributed by atoms with Gasteiger partial charge in [-0.15, -0.1) is 0 Å². The highest BCUT2D eigenvalue weighted by molar-refractivity contribution is 6.06. The van der Waals surface area contributed by atoms with Crippen molar-refractivity contribution in [2.45, 2.75) is 0 Å². The van der Waals surface area contributed by atoms with Crippen molar-refractivity contribution in [3.8, 4) is 11.3 Å². The van der Waals surface area contributed by atoms with Crippen molar-refractivity contribution in [1.29, 1.82) is 0 Å². The first kappa shape index (κ1) is 14.5. The topological polar surface area (TPSA) is 91.5 Å². The van der Waals surface area contributed by atoms with Crippen LogP contribution in [-0.4, -0.2) is 31.1 Å². The van der Waals surface area contributed by atoms with E-state index in [1.165, 1.54) is 20.3 Å². The van der Waals surface area contributed by atoms with E-state index in [-0.39, 0.29) is 16.9 Å². The Kier molecular flexibility index (Phi) is 4.18. The number of carbonyl (C=O) groups is 2. The number of anilines is 1. The maximum Gasteiger partial charge on any atom is 0.342 e. The summed E-state index contributed by atoms with van der Waals surface area (Å²) in [4.78, 5) is 27.8. The number of nitrogens with zero attached hydrogens (tertiary/aromatic N) is 1. The van der Waals surface area contributed by atoms with Gasteiger partial charge in [0.15, 0.2) is 0 Å². The lowest BCUT2D eigenvalue weighted by Crippen LogP contribution is -2.16. The van der Waals surface area contributed by atoms with Gasteiger partial charge in [0.1, 0.15) is 11.4 Å². The SMILES string of the molecule is COC(=O)c1cc(-c2ccccc2)nc(N)c1C(=O)OC. The summed E-state index contributed by atoms with van der Waals surface area (Å²) in [6.07, 6.45) is 0. The molecule has 2 N–H and O–H groups in total. The summed E-state index contributed by atoms with van der Waals surface area (Å²) in [6.45, 7) is 0. The first-order chi connectivity index (χ1) is 10.1. The molecule has 1 aromatic carbocycles. The second-order valence-corrected chi connectivity index (χ2v) is 4.16. The average molecular weight is 286 g/mol. The summed E-state index contributed by atoms with van der Waals surface area (Å²) in [5.74, 6) is -1.50. The van der Waals surface area contributed by atoms with Crippen LogP contribution < -0.4 is 5.73 Å². The number of benzene rings is 1. The Labute approximate surface area is 121 Å². The van der Waals surface area contributed by atoms with E-state index >= 15 is 0 Å². The molecule has 0 spiro atoms. The molecule has 108 valence electrons. The fourth-order valence-electron chi connectivity index (χ4n) is 1.91. The van der Waals surface area contributed by atoms with Crippen molar-refractivity contribution in [2.75, 3.05) is 20.0 Å². The van der Waals surface area contributed by atoms with Gasteiger partial charge in [-0.25, -0.2) is 14.6 Å². The van der Waals surface area contributed by atoms with Gasteiger partial charge in [0, 0.05) is 5.56 Å². The van der Waals surface area contributed by atoms with E-state index in [0.717, 1.165) is 5.56 Å². The number of pyridine rings is 1. The Morgan fingerprint density at radius 1 is 1.05 bits per heavy atom. The normalized spacial score (nSPS) is 10.0. The van der Waals surface area contributed by atoms with Crippen molar-refractivity contribution >= 4 is 17.8 Å². The van der Waals surface area contributed by atoms with Crippen LogP contribution in [0.3, 0.4) is 0 Å². The zero-order valence-corrected chi connectivity index (χ0v) is 11.6. The first-order valence-corrected chi connectivity index (χ1v) is 6.11. The molecule has 6 nitrogen and oxygen atoms in total. The first-order valence-electron chi connectivity index (χ1n) is 6.11. The molecule has 0 aliphatic rings. The van der Waals surface area contributed by atoms with Gasteiger partial charge in [-0.3, -0.25) is 0 Å². The Morgan fingerprint density at radius 2 is 1.67 bits per heavy atom. The minimum atomic E-state index is -0.736. The predicted octanol–water partition coefficient (Wildman–Crippen LogP) is 1.90. The third kappa shape index (κ3) is 2.84. The highest BCUT2D eigenvalue weighted by Gasteiger charge is 2.24. The molecular formula is C15H14N2O4. The number of nitrogens with two attached hydrogens (primary N) is 1. The largest absolute Gasteiger partial charge is 0.465 e. The molecule has 0 amide bonds. The number of nitrogen functional groups attached to an aromatic ring is 1. The third-order valence-electron chi connectivity index (χ3n) is 2.91. The highest BCUT2D eigenvalue weighted by Crippen LogP contribution is 2.25. The summed E-state index contributed by atoms with van der Waals surface area (Å²) in [7, 11) is 2.43. The van der Waals surface area contributed by atoms with Gasteiger partial charge in [0.25, 0.3) is 0 Å². The van der Waals surface area contributed by atoms with Crippen molar-refractivity contribution in [3.05, 3.63) is 47.5 Å². The molecule has 0 radical (unpaired) electrons. The lowest BCUT2D eigenvalue weighted by Gasteiger charge is -2.11. The summed E-state index contributed by atoms with van der Waals surface area (Å²) >= 11 is 0. The molecular weight excluding hydrogens is 272 g/mol. The maximum absolute atomic E-state index is 11.9. The number of rotatable bonds is 3. The van der Waals surface area contributed by atoms with Crippen molar-refractivity contribution < 1.29 is 19.1 Å². The molecule has 2 rings (SSSR count). The van der Waals surface area contributed by atoms with Crippen LogP contribution in [0.4, 0.5) is 5.82 Å². The van der Waals surface area contributed by atoms with Crippen molar-refractivity contribution in [3.63, 3.8) is 0 Å². The van der Waals surface area contributed by atoms with Crippen LogP contribution in [0.25, 0.3) is 11.3 Å². The lowest BCUT2D eigenvalue weighted by molar-refractivity contribution is 0.0556. The Balaban J connectivity index is 2.66. The van der Waals surface area contributed by atoms with E-state index in [0.29, 0.717) is 5.69 Å². The number of hydrogen-bond acceptors (Lipinski definition) is 6. The van der Waals surface area contributed by atoms with E-state index in [9.17, 15) is 9.59 Å². The summed E-state index contributed by atoms with van der Waals surface area (Å²) in [5, 5.41) is 0. The van der Waals surface area contributed by atoms with E-state index < -0.39 is 11.9 Å². The average Bonchev–Trinajstić information content (AvgIpc) is 2.53. The van der Waals surface area contributed by atoms with Gasteiger partial charge in [-0.2, -0.15) is 0 Å². The fourth-order valence-corrected chi connectivity index (χ4v) is 1.91. The van der Waals surface area contributed by atoms with Crippen LogP contribution >= 0.6 is 0 Å². The molecule has 2 aromatic rings. The predicted molar refractivity (Wildman–Crippen MR) is 76.8 cm³/mol. The summed E-state index contributed by atoms with van der Waals surface area (Å²) in [6, 6.07) is 10.6. The highest BCUT2D eigenvalue weighted by atomic mass is 16.5. The Hall–Kier alpha value is -2.89. The van der Waals surface area contributed by atoms with E-state index in [4.69, 9.17) is 5.73 Å². The summed E-state index contributed by atoms with van der Waals surface area (Å²) < 4.78 is 9.32. The smallest absolute Gasteiger partial charge is 0.342 e. The molecule has 1 aromatic heterocycles.